The lowest BCUT2D eigenvalue weighted by Crippen LogP contribution is -2.30. The topological polar surface area (TPSA) is 97.4 Å². The van der Waals surface area contributed by atoms with Crippen LogP contribution < -0.4 is 14.8 Å². The van der Waals surface area contributed by atoms with Crippen LogP contribution in [0.2, 0.25) is 5.02 Å². The summed E-state index contributed by atoms with van der Waals surface area (Å²) in [5.74, 6) is 0.0985. The molecule has 0 radical (unpaired) electrons. The fourth-order valence-electron chi connectivity index (χ4n) is 2.21. The minimum absolute atomic E-state index is 0.0592. The SMILES string of the molecule is CC(Oc1cccc(Cl)c1)C(=O)Nc1ccc(S(=O)(=O)Nc2nccs2)cc1. The van der Waals surface area contributed by atoms with Gasteiger partial charge in [-0.05, 0) is 49.4 Å². The van der Waals surface area contributed by atoms with Gasteiger partial charge in [-0.3, -0.25) is 9.52 Å². The van der Waals surface area contributed by atoms with Crippen molar-refractivity contribution in [1.82, 2.24) is 4.98 Å². The van der Waals surface area contributed by atoms with E-state index >= 15 is 0 Å². The van der Waals surface area contributed by atoms with Crippen LogP contribution in [0.3, 0.4) is 0 Å². The van der Waals surface area contributed by atoms with Gasteiger partial charge in [0, 0.05) is 22.3 Å². The fourth-order valence-corrected chi connectivity index (χ4v) is 4.18. The number of ether oxygens (including phenoxy) is 1. The summed E-state index contributed by atoms with van der Waals surface area (Å²) in [6, 6.07) is 12.5. The zero-order valence-electron chi connectivity index (χ0n) is 14.6. The molecule has 1 amide bonds. The highest BCUT2D eigenvalue weighted by Gasteiger charge is 2.17. The van der Waals surface area contributed by atoms with Crippen LogP contribution >= 0.6 is 22.9 Å². The number of carbonyl (C=O) groups excluding carboxylic acids is 1. The van der Waals surface area contributed by atoms with Gasteiger partial charge >= 0.3 is 0 Å². The van der Waals surface area contributed by atoms with Gasteiger partial charge < -0.3 is 10.1 Å². The summed E-state index contributed by atoms with van der Waals surface area (Å²) in [5.41, 5.74) is 0.444. The van der Waals surface area contributed by atoms with Crippen molar-refractivity contribution >= 4 is 49.7 Å². The maximum Gasteiger partial charge on any atom is 0.265 e. The van der Waals surface area contributed by atoms with Gasteiger partial charge in [0.1, 0.15) is 5.75 Å². The molecule has 0 aliphatic carbocycles. The van der Waals surface area contributed by atoms with Gasteiger partial charge in [-0.2, -0.15) is 0 Å². The number of benzene rings is 2. The van der Waals surface area contributed by atoms with Crippen LogP contribution in [-0.4, -0.2) is 25.4 Å². The Labute approximate surface area is 171 Å². The van der Waals surface area contributed by atoms with Crippen LogP contribution in [0.1, 0.15) is 6.92 Å². The first kappa shape index (κ1) is 20.1. The van der Waals surface area contributed by atoms with E-state index in [1.54, 1.807) is 36.6 Å². The number of nitrogens with zero attached hydrogens (tertiary/aromatic N) is 1. The minimum atomic E-state index is -3.74. The zero-order chi connectivity index (χ0) is 20.1. The molecule has 0 saturated carbocycles. The van der Waals surface area contributed by atoms with E-state index in [4.69, 9.17) is 16.3 Å². The third-order valence-electron chi connectivity index (χ3n) is 3.56. The molecule has 1 aromatic heterocycles. The van der Waals surface area contributed by atoms with Gasteiger partial charge in [0.2, 0.25) is 0 Å². The summed E-state index contributed by atoms with van der Waals surface area (Å²) >= 11 is 7.08. The number of halogens is 1. The number of thiazole rings is 1. The van der Waals surface area contributed by atoms with Crippen molar-refractivity contribution in [1.29, 1.82) is 0 Å². The summed E-state index contributed by atoms with van der Waals surface area (Å²) in [5, 5.41) is 5.14. The molecule has 0 aliphatic rings. The molecule has 28 heavy (non-hydrogen) atoms. The number of hydrogen-bond acceptors (Lipinski definition) is 6. The molecule has 0 spiro atoms. The molecule has 10 heteroatoms. The second-order valence-electron chi connectivity index (χ2n) is 5.67. The average molecular weight is 438 g/mol. The highest BCUT2D eigenvalue weighted by atomic mass is 35.5. The van der Waals surface area contributed by atoms with E-state index in [2.05, 4.69) is 15.0 Å². The van der Waals surface area contributed by atoms with Crippen LogP contribution in [0.25, 0.3) is 0 Å². The number of aromatic nitrogens is 1. The highest BCUT2D eigenvalue weighted by Crippen LogP contribution is 2.21. The summed E-state index contributed by atoms with van der Waals surface area (Å²) in [6.45, 7) is 1.60. The van der Waals surface area contributed by atoms with Gasteiger partial charge in [0.25, 0.3) is 15.9 Å². The lowest BCUT2D eigenvalue weighted by atomic mass is 10.3. The molecule has 0 fully saturated rings. The van der Waals surface area contributed by atoms with Crippen molar-refractivity contribution in [3.8, 4) is 5.75 Å². The van der Waals surface area contributed by atoms with Gasteiger partial charge in [-0.25, -0.2) is 13.4 Å². The lowest BCUT2D eigenvalue weighted by Gasteiger charge is -2.15. The van der Waals surface area contributed by atoms with Crippen LogP contribution in [0.5, 0.6) is 5.75 Å². The van der Waals surface area contributed by atoms with Gasteiger partial charge in [0.05, 0.1) is 4.90 Å². The Hall–Kier alpha value is -2.62. The van der Waals surface area contributed by atoms with Gasteiger partial charge in [-0.15, -0.1) is 11.3 Å². The summed E-state index contributed by atoms with van der Waals surface area (Å²) < 4.78 is 32.6. The number of amides is 1. The van der Waals surface area contributed by atoms with E-state index in [-0.39, 0.29) is 15.9 Å². The van der Waals surface area contributed by atoms with E-state index < -0.39 is 16.1 Å². The normalized spacial score (nSPS) is 12.2. The summed E-state index contributed by atoms with van der Waals surface area (Å²) in [7, 11) is -3.74. The molecule has 1 heterocycles. The predicted molar refractivity (Wildman–Crippen MR) is 110 cm³/mol. The third-order valence-corrected chi connectivity index (χ3v) is 5.97. The summed E-state index contributed by atoms with van der Waals surface area (Å²) in [6.07, 6.45) is 0.738. The van der Waals surface area contributed by atoms with Crippen molar-refractivity contribution in [2.24, 2.45) is 0 Å². The van der Waals surface area contributed by atoms with E-state index in [1.807, 2.05) is 0 Å². The van der Waals surface area contributed by atoms with Gasteiger partial charge in [-0.1, -0.05) is 17.7 Å². The number of nitrogens with one attached hydrogen (secondary N) is 2. The smallest absolute Gasteiger partial charge is 0.265 e. The van der Waals surface area contributed by atoms with Crippen molar-refractivity contribution in [3.63, 3.8) is 0 Å². The van der Waals surface area contributed by atoms with Crippen LogP contribution in [-0.2, 0) is 14.8 Å². The van der Waals surface area contributed by atoms with Crippen molar-refractivity contribution in [2.75, 3.05) is 10.0 Å². The van der Waals surface area contributed by atoms with Crippen LogP contribution in [0, 0.1) is 0 Å². The molecule has 3 rings (SSSR count). The monoisotopic (exact) mass is 437 g/mol. The fraction of sp³-hybridized carbons (Fsp3) is 0.111. The second kappa shape index (κ2) is 8.59. The quantitative estimate of drug-likeness (QED) is 0.582. The highest BCUT2D eigenvalue weighted by molar-refractivity contribution is 7.93. The van der Waals surface area contributed by atoms with Crippen LogP contribution in [0.15, 0.2) is 65.0 Å². The average Bonchev–Trinajstić information content (AvgIpc) is 3.14. The molecular formula is C18H16ClN3O4S2. The molecule has 1 atom stereocenters. The molecule has 1 unspecified atom stereocenters. The number of anilines is 2. The predicted octanol–water partition coefficient (Wildman–Crippen LogP) is 4.00. The molecular weight excluding hydrogens is 422 g/mol. The number of carbonyl (C=O) groups is 1. The first-order chi connectivity index (χ1) is 13.3. The molecule has 3 aromatic rings. The number of rotatable bonds is 7. The Balaban J connectivity index is 1.62. The maximum atomic E-state index is 12.3. The molecule has 2 aromatic carbocycles. The molecule has 2 N–H and O–H groups in total. The Morgan fingerprint density at radius 2 is 1.96 bits per heavy atom. The van der Waals surface area contributed by atoms with Crippen molar-refractivity contribution in [2.45, 2.75) is 17.9 Å². The van der Waals surface area contributed by atoms with Crippen LogP contribution in [0.4, 0.5) is 10.8 Å². The Bertz CT molecular complexity index is 1050. The Kier molecular flexibility index (Phi) is 6.18. The lowest BCUT2D eigenvalue weighted by molar-refractivity contribution is -0.122. The largest absolute Gasteiger partial charge is 0.481 e. The molecule has 7 nitrogen and oxygen atoms in total. The first-order valence-corrected chi connectivity index (χ1v) is 10.8. The van der Waals surface area contributed by atoms with E-state index in [0.29, 0.717) is 16.5 Å². The number of sulfonamides is 1. The van der Waals surface area contributed by atoms with E-state index in [9.17, 15) is 13.2 Å². The van der Waals surface area contributed by atoms with Crippen molar-refractivity contribution < 1.29 is 17.9 Å². The molecule has 146 valence electrons. The zero-order valence-corrected chi connectivity index (χ0v) is 17.0. The molecule has 0 saturated heterocycles. The molecule has 0 aliphatic heterocycles. The third kappa shape index (κ3) is 5.22. The Morgan fingerprint density at radius 1 is 1.21 bits per heavy atom. The summed E-state index contributed by atoms with van der Waals surface area (Å²) in [4.78, 5) is 16.2. The van der Waals surface area contributed by atoms with Crippen molar-refractivity contribution in [3.05, 3.63) is 65.1 Å². The van der Waals surface area contributed by atoms with E-state index in [1.165, 1.54) is 41.8 Å². The van der Waals surface area contributed by atoms with E-state index in [0.717, 1.165) is 0 Å². The standard InChI is InChI=1S/C18H16ClN3O4S2/c1-12(26-15-4-2-3-13(19)11-15)17(23)21-14-5-7-16(8-6-14)28(24,25)22-18-20-9-10-27-18/h2-12H,1H3,(H,20,22)(H,21,23). The number of hydrogen-bond donors (Lipinski definition) is 2. The molecule has 0 bridgehead atoms. The van der Waals surface area contributed by atoms with Gasteiger partial charge in [0.15, 0.2) is 11.2 Å². The first-order valence-electron chi connectivity index (χ1n) is 8.09. The Morgan fingerprint density at radius 3 is 2.61 bits per heavy atom. The maximum absolute atomic E-state index is 12.3. The minimum Gasteiger partial charge on any atom is -0.481 e. The second-order valence-corrected chi connectivity index (χ2v) is 8.69.